The molecule has 0 heterocycles. The van der Waals surface area contributed by atoms with Gasteiger partial charge in [-0.05, 0) is 42.0 Å². The summed E-state index contributed by atoms with van der Waals surface area (Å²) in [6, 6.07) is 5.83. The van der Waals surface area contributed by atoms with Crippen LogP contribution in [0.5, 0.6) is 0 Å². The van der Waals surface area contributed by atoms with Gasteiger partial charge in [-0.25, -0.2) is 0 Å². The Morgan fingerprint density at radius 3 is 1.54 bits per heavy atom. The third kappa shape index (κ3) is 2.37. The number of benzene rings is 2. The van der Waals surface area contributed by atoms with Crippen LogP contribution in [0, 0.1) is 40.0 Å². The van der Waals surface area contributed by atoms with Crippen molar-refractivity contribution in [3.05, 3.63) is 77.9 Å². The number of hydrogen-bond donors (Lipinski definition) is 0. The van der Waals surface area contributed by atoms with E-state index in [4.69, 9.17) is 0 Å². The molecule has 0 fully saturated rings. The van der Waals surface area contributed by atoms with Crippen molar-refractivity contribution in [3.8, 4) is 0 Å². The molecule has 0 saturated heterocycles. The first-order valence-corrected chi connectivity index (χ1v) is 8.84. The normalized spacial score (nSPS) is 20.2. The first-order valence-electron chi connectivity index (χ1n) is 8.84. The van der Waals surface area contributed by atoms with Gasteiger partial charge in [0.05, 0.1) is 21.0 Å². The zero-order valence-electron chi connectivity index (χ0n) is 15.2. The summed E-state index contributed by atoms with van der Waals surface area (Å²) in [6.07, 6.45) is 0.0184. The summed E-state index contributed by atoms with van der Waals surface area (Å²) in [5.41, 5.74) is 2.07. The predicted octanol–water partition coefficient (Wildman–Crippen LogP) is 4.04. The van der Waals surface area contributed by atoms with Crippen molar-refractivity contribution in [1.29, 1.82) is 0 Å². The molecule has 2 aliphatic rings. The average Bonchev–Trinajstić information content (AvgIpc) is 2.62. The van der Waals surface area contributed by atoms with Crippen LogP contribution in [-0.4, -0.2) is 21.4 Å². The molecule has 2 aliphatic carbocycles. The van der Waals surface area contributed by atoms with Crippen molar-refractivity contribution in [1.82, 2.24) is 0 Å². The summed E-state index contributed by atoms with van der Waals surface area (Å²) >= 11 is 0. The maximum Gasteiger partial charge on any atom is 0.280 e. The van der Waals surface area contributed by atoms with Gasteiger partial charge in [0.15, 0.2) is 11.6 Å². The van der Waals surface area contributed by atoms with Crippen LogP contribution in [0.1, 0.15) is 61.7 Å². The molecule has 0 amide bonds. The lowest BCUT2D eigenvalue weighted by atomic mass is 9.62. The molecule has 0 bridgehead atoms. The minimum atomic E-state index is -0.578. The van der Waals surface area contributed by atoms with Crippen molar-refractivity contribution < 1.29 is 19.4 Å². The Morgan fingerprint density at radius 2 is 1.18 bits per heavy atom. The maximum atomic E-state index is 12.8. The molecule has 0 unspecified atom stereocenters. The number of Topliss-reactive ketones (excluding diaryl/α,β-unsaturated/α-hetero) is 2. The molecular weight excluding hydrogens is 364 g/mol. The quantitative estimate of drug-likeness (QED) is 0.572. The summed E-state index contributed by atoms with van der Waals surface area (Å²) in [6.45, 7) is 3.53. The van der Waals surface area contributed by atoms with Crippen molar-refractivity contribution >= 4 is 22.9 Å². The van der Waals surface area contributed by atoms with E-state index in [1.807, 2.05) is 0 Å². The third-order valence-corrected chi connectivity index (χ3v) is 5.82. The molecule has 0 aliphatic heterocycles. The highest BCUT2D eigenvalue weighted by molar-refractivity contribution is 6.07. The summed E-state index contributed by atoms with van der Waals surface area (Å²) in [5.74, 6) is -1.53. The topological polar surface area (TPSA) is 120 Å². The van der Waals surface area contributed by atoms with Gasteiger partial charge in [-0.1, -0.05) is 12.1 Å². The van der Waals surface area contributed by atoms with Crippen LogP contribution in [0.3, 0.4) is 0 Å². The second-order valence-corrected chi connectivity index (χ2v) is 7.39. The number of carbonyl (C=O) groups excluding carboxylic acids is 2. The van der Waals surface area contributed by atoms with E-state index in [1.165, 1.54) is 12.1 Å². The van der Waals surface area contributed by atoms with Crippen molar-refractivity contribution in [3.63, 3.8) is 0 Å². The standard InChI is InChI=1S/C20H16N2O6/c1-9-3-5-12(21(25)26)19-14(23)7-11-8-15(24)20-13(22(27)28)6-4-10(2)17(20)18(11)16(9)19/h3-6,11,18H,7-8H2,1-2H3. The molecule has 0 spiro atoms. The number of hydrogen-bond acceptors (Lipinski definition) is 6. The number of fused-ring (bicyclic) bond motifs is 5. The van der Waals surface area contributed by atoms with E-state index in [0.717, 1.165) is 0 Å². The van der Waals surface area contributed by atoms with Gasteiger partial charge in [-0.3, -0.25) is 29.8 Å². The summed E-state index contributed by atoms with van der Waals surface area (Å²) in [4.78, 5) is 47.4. The highest BCUT2D eigenvalue weighted by Gasteiger charge is 2.47. The van der Waals surface area contributed by atoms with Crippen LogP contribution < -0.4 is 0 Å². The fourth-order valence-corrected chi connectivity index (χ4v) is 4.72. The smallest absolute Gasteiger partial charge is 0.280 e. The molecule has 0 saturated carbocycles. The van der Waals surface area contributed by atoms with Gasteiger partial charge in [-0.15, -0.1) is 0 Å². The van der Waals surface area contributed by atoms with Gasteiger partial charge < -0.3 is 0 Å². The first kappa shape index (κ1) is 18.0. The highest BCUT2D eigenvalue weighted by atomic mass is 16.6. The second kappa shape index (κ2) is 6.05. The zero-order valence-corrected chi connectivity index (χ0v) is 15.2. The van der Waals surface area contributed by atoms with E-state index in [-0.39, 0.29) is 52.8 Å². The number of carbonyl (C=O) groups is 2. The molecule has 0 radical (unpaired) electrons. The van der Waals surface area contributed by atoms with Crippen molar-refractivity contribution in [2.45, 2.75) is 32.6 Å². The lowest BCUT2D eigenvalue weighted by molar-refractivity contribution is -0.385. The van der Waals surface area contributed by atoms with Crippen molar-refractivity contribution in [2.24, 2.45) is 5.92 Å². The van der Waals surface area contributed by atoms with Crippen LogP contribution >= 0.6 is 0 Å². The Morgan fingerprint density at radius 1 is 0.786 bits per heavy atom. The molecule has 0 atom stereocenters. The van der Waals surface area contributed by atoms with Crippen LogP contribution in [0.25, 0.3) is 0 Å². The fourth-order valence-electron chi connectivity index (χ4n) is 4.72. The van der Waals surface area contributed by atoms with E-state index in [9.17, 15) is 29.8 Å². The van der Waals surface area contributed by atoms with Gasteiger partial charge in [0, 0.05) is 30.9 Å². The number of nitrogens with zero attached hydrogens (tertiary/aromatic N) is 2. The average molecular weight is 380 g/mol. The van der Waals surface area contributed by atoms with Gasteiger partial charge >= 0.3 is 0 Å². The Labute approximate surface area is 159 Å². The molecule has 8 nitrogen and oxygen atoms in total. The van der Waals surface area contributed by atoms with E-state index in [0.29, 0.717) is 22.3 Å². The van der Waals surface area contributed by atoms with Gasteiger partial charge in [0.25, 0.3) is 11.4 Å². The molecule has 4 rings (SSSR count). The van der Waals surface area contributed by atoms with Gasteiger partial charge in [-0.2, -0.15) is 0 Å². The van der Waals surface area contributed by atoms with Gasteiger partial charge in [0.2, 0.25) is 0 Å². The number of nitro benzene ring substituents is 2. The molecule has 2 aromatic carbocycles. The Kier molecular flexibility index (Phi) is 3.88. The summed E-state index contributed by atoms with van der Waals surface area (Å²) < 4.78 is 0. The predicted molar refractivity (Wildman–Crippen MR) is 98.9 cm³/mol. The highest BCUT2D eigenvalue weighted by Crippen LogP contribution is 2.52. The van der Waals surface area contributed by atoms with Gasteiger partial charge in [0.1, 0.15) is 0 Å². The second-order valence-electron chi connectivity index (χ2n) is 7.39. The number of aryl methyl sites for hydroxylation is 2. The minimum absolute atomic E-state index is 0.00920. The SMILES string of the molecule is Cc1ccc([N+](=O)[O-])c2c1C1c3c(C)ccc([N+](=O)[O-])c3C(=O)CC1CC2=O. The zero-order chi connectivity index (χ0) is 20.3. The van der Waals surface area contributed by atoms with Crippen LogP contribution in [0.15, 0.2) is 24.3 Å². The van der Waals surface area contributed by atoms with E-state index in [2.05, 4.69) is 0 Å². The molecule has 2 aromatic rings. The lowest BCUT2D eigenvalue weighted by Crippen LogP contribution is -2.34. The van der Waals surface area contributed by atoms with Crippen LogP contribution in [0.2, 0.25) is 0 Å². The summed E-state index contributed by atoms with van der Waals surface area (Å²) in [7, 11) is 0. The number of rotatable bonds is 2. The lowest BCUT2D eigenvalue weighted by Gasteiger charge is -2.38. The first-order chi connectivity index (χ1) is 13.2. The number of ketones is 2. The van der Waals surface area contributed by atoms with E-state index < -0.39 is 15.8 Å². The van der Waals surface area contributed by atoms with Crippen LogP contribution in [-0.2, 0) is 0 Å². The van der Waals surface area contributed by atoms with Crippen molar-refractivity contribution in [2.75, 3.05) is 0 Å². The molecule has 0 N–H and O–H groups in total. The molecule has 142 valence electrons. The maximum absolute atomic E-state index is 12.8. The Hall–Kier alpha value is -3.42. The largest absolute Gasteiger partial charge is 0.294 e. The molecular formula is C20H16N2O6. The molecule has 8 heteroatoms. The van der Waals surface area contributed by atoms with Crippen LogP contribution in [0.4, 0.5) is 11.4 Å². The van der Waals surface area contributed by atoms with E-state index in [1.54, 1.807) is 26.0 Å². The molecule has 0 aromatic heterocycles. The summed E-state index contributed by atoms with van der Waals surface area (Å²) in [5, 5.41) is 23.0. The Balaban J connectivity index is 2.10. The minimum Gasteiger partial charge on any atom is -0.294 e. The fraction of sp³-hybridized carbons (Fsp3) is 0.300. The monoisotopic (exact) mass is 380 g/mol. The Bertz CT molecular complexity index is 1020. The third-order valence-electron chi connectivity index (χ3n) is 5.82. The molecule has 28 heavy (non-hydrogen) atoms. The number of nitro groups is 2. The van der Waals surface area contributed by atoms with E-state index >= 15 is 0 Å².